The summed E-state index contributed by atoms with van der Waals surface area (Å²) in [5.74, 6) is 1.45. The number of aromatic nitrogens is 2. The van der Waals surface area contributed by atoms with Crippen molar-refractivity contribution in [2.45, 2.75) is 13.8 Å². The molecule has 4 aromatic rings. The van der Waals surface area contributed by atoms with Crippen LogP contribution in [0.25, 0.3) is 16.2 Å². The number of rotatable bonds is 5. The molecule has 3 heterocycles. The largest absolute Gasteiger partial charge is 0.484 e. The maximum absolute atomic E-state index is 12.8. The predicted octanol–water partition coefficient (Wildman–Crippen LogP) is 3.79. The van der Waals surface area contributed by atoms with Crippen LogP contribution in [0.2, 0.25) is 0 Å². The second-order valence-electron chi connectivity index (χ2n) is 7.30. The summed E-state index contributed by atoms with van der Waals surface area (Å²) in [6.45, 7) is 3.62. The molecule has 32 heavy (non-hydrogen) atoms. The third-order valence-electron chi connectivity index (χ3n) is 5.19. The minimum absolute atomic E-state index is 0.0877. The Bertz CT molecular complexity index is 1410. The molecule has 0 atom stereocenters. The Morgan fingerprint density at radius 3 is 2.91 bits per heavy atom. The van der Waals surface area contributed by atoms with Gasteiger partial charge in [0.2, 0.25) is 6.79 Å². The summed E-state index contributed by atoms with van der Waals surface area (Å²) in [6, 6.07) is 12.5. The van der Waals surface area contributed by atoms with Crippen LogP contribution in [0.1, 0.15) is 11.3 Å². The highest BCUT2D eigenvalue weighted by atomic mass is 32.1. The highest BCUT2D eigenvalue weighted by molar-refractivity contribution is 7.15. The van der Waals surface area contributed by atoms with Gasteiger partial charge in [-0.15, -0.1) is 11.3 Å². The minimum atomic E-state index is -0.305. The van der Waals surface area contributed by atoms with E-state index in [2.05, 4.69) is 10.3 Å². The van der Waals surface area contributed by atoms with Crippen molar-refractivity contribution >= 4 is 27.9 Å². The first-order valence-corrected chi connectivity index (χ1v) is 10.8. The van der Waals surface area contributed by atoms with Crippen LogP contribution in [-0.2, 0) is 4.79 Å². The summed E-state index contributed by atoms with van der Waals surface area (Å²) >= 11 is 1.41. The van der Waals surface area contributed by atoms with Gasteiger partial charge >= 0.3 is 0 Å². The molecule has 5 rings (SSSR count). The van der Waals surface area contributed by atoms with Gasteiger partial charge in [-0.1, -0.05) is 12.1 Å². The highest BCUT2D eigenvalue weighted by Gasteiger charge is 2.15. The minimum Gasteiger partial charge on any atom is -0.484 e. The van der Waals surface area contributed by atoms with E-state index in [0.717, 1.165) is 17.0 Å². The lowest BCUT2D eigenvalue weighted by Crippen LogP contribution is -2.20. The number of fused-ring (bicyclic) bond motifs is 2. The maximum Gasteiger partial charge on any atom is 0.262 e. The lowest BCUT2D eigenvalue weighted by Gasteiger charge is -2.10. The van der Waals surface area contributed by atoms with E-state index in [-0.39, 0.29) is 24.9 Å². The van der Waals surface area contributed by atoms with Gasteiger partial charge in [-0.2, -0.15) is 0 Å². The molecule has 0 bridgehead atoms. The van der Waals surface area contributed by atoms with Crippen molar-refractivity contribution in [1.82, 2.24) is 9.38 Å². The van der Waals surface area contributed by atoms with E-state index >= 15 is 0 Å². The summed E-state index contributed by atoms with van der Waals surface area (Å²) in [7, 11) is 0. The standard InChI is InChI=1S/C23H19N3O5S/c1-13-14(2)24-23-26(22(13)28)18(11-32-23)15-4-3-5-16(8-15)25-21(27)10-29-17-6-7-19-20(9-17)31-12-30-19/h3-9,11H,10,12H2,1-2H3,(H,25,27). The number of ether oxygens (including phenoxy) is 3. The van der Waals surface area contributed by atoms with Crippen LogP contribution < -0.4 is 25.1 Å². The molecule has 0 unspecified atom stereocenters. The number of nitrogens with one attached hydrogen (secondary N) is 1. The summed E-state index contributed by atoms with van der Waals surface area (Å²) in [4.78, 5) is 30.3. The van der Waals surface area contributed by atoms with Crippen molar-refractivity contribution < 1.29 is 19.0 Å². The Balaban J connectivity index is 1.32. The second kappa shape index (κ2) is 8.01. The van der Waals surface area contributed by atoms with Gasteiger partial charge in [-0.05, 0) is 38.1 Å². The normalized spacial score (nSPS) is 12.2. The van der Waals surface area contributed by atoms with Gasteiger partial charge in [0.15, 0.2) is 23.1 Å². The number of hydrogen-bond donors (Lipinski definition) is 1. The van der Waals surface area contributed by atoms with E-state index in [9.17, 15) is 9.59 Å². The third kappa shape index (κ3) is 3.67. The highest BCUT2D eigenvalue weighted by Crippen LogP contribution is 2.35. The quantitative estimate of drug-likeness (QED) is 0.499. The van der Waals surface area contributed by atoms with Gasteiger partial charge < -0.3 is 19.5 Å². The first-order chi connectivity index (χ1) is 15.5. The fourth-order valence-electron chi connectivity index (χ4n) is 3.41. The van der Waals surface area contributed by atoms with Crippen LogP contribution in [0, 0.1) is 13.8 Å². The molecule has 0 aliphatic carbocycles. The Hall–Kier alpha value is -3.85. The Morgan fingerprint density at radius 1 is 1.19 bits per heavy atom. The zero-order valence-electron chi connectivity index (χ0n) is 17.4. The first-order valence-electron chi connectivity index (χ1n) is 9.90. The summed E-state index contributed by atoms with van der Waals surface area (Å²) < 4.78 is 17.8. The van der Waals surface area contributed by atoms with E-state index in [1.807, 2.05) is 30.5 Å². The van der Waals surface area contributed by atoms with Gasteiger partial charge in [-0.25, -0.2) is 4.98 Å². The number of benzene rings is 2. The summed E-state index contributed by atoms with van der Waals surface area (Å²) in [5, 5.41) is 4.73. The van der Waals surface area contributed by atoms with Gasteiger partial charge in [-0.3, -0.25) is 14.0 Å². The van der Waals surface area contributed by atoms with Crippen LogP contribution in [0.3, 0.4) is 0 Å². The Morgan fingerprint density at radius 2 is 2.03 bits per heavy atom. The zero-order valence-corrected chi connectivity index (χ0v) is 18.2. The molecule has 1 aliphatic heterocycles. The lowest BCUT2D eigenvalue weighted by atomic mass is 10.1. The smallest absolute Gasteiger partial charge is 0.262 e. The molecule has 2 aromatic heterocycles. The number of aryl methyl sites for hydroxylation is 1. The molecular formula is C23H19N3O5S. The number of anilines is 1. The number of carbonyl (C=O) groups is 1. The van der Waals surface area contributed by atoms with E-state index in [1.165, 1.54) is 11.3 Å². The number of amides is 1. The number of thiazole rings is 1. The monoisotopic (exact) mass is 449 g/mol. The topological polar surface area (TPSA) is 91.2 Å². The fraction of sp³-hybridized carbons (Fsp3) is 0.174. The molecule has 0 fully saturated rings. The van der Waals surface area contributed by atoms with Gasteiger partial charge in [0.1, 0.15) is 5.75 Å². The molecule has 1 aliphatic rings. The molecule has 1 amide bonds. The molecule has 0 radical (unpaired) electrons. The maximum atomic E-state index is 12.8. The van der Waals surface area contributed by atoms with Gasteiger partial charge in [0.25, 0.3) is 11.5 Å². The van der Waals surface area contributed by atoms with Crippen molar-refractivity contribution in [3.05, 3.63) is 69.5 Å². The number of hydrogen-bond acceptors (Lipinski definition) is 7. The average Bonchev–Trinajstić information content (AvgIpc) is 3.43. The van der Waals surface area contributed by atoms with Crippen LogP contribution >= 0.6 is 11.3 Å². The second-order valence-corrected chi connectivity index (χ2v) is 8.14. The SMILES string of the molecule is Cc1nc2scc(-c3cccc(NC(=O)COc4ccc5c(c4)OCO5)c3)n2c(=O)c1C. The number of nitrogens with zero attached hydrogens (tertiary/aromatic N) is 2. The van der Waals surface area contributed by atoms with Crippen molar-refractivity contribution in [3.8, 4) is 28.5 Å². The Labute approximate surface area is 187 Å². The van der Waals surface area contributed by atoms with Crippen LogP contribution in [0.5, 0.6) is 17.2 Å². The first kappa shape index (κ1) is 20.1. The van der Waals surface area contributed by atoms with E-state index in [1.54, 1.807) is 35.6 Å². The predicted molar refractivity (Wildman–Crippen MR) is 121 cm³/mol. The molecule has 8 nitrogen and oxygen atoms in total. The zero-order chi connectivity index (χ0) is 22.2. The van der Waals surface area contributed by atoms with E-state index in [4.69, 9.17) is 14.2 Å². The molecule has 2 aromatic carbocycles. The summed E-state index contributed by atoms with van der Waals surface area (Å²) in [6.07, 6.45) is 0. The molecule has 1 N–H and O–H groups in total. The molecule has 162 valence electrons. The molecular weight excluding hydrogens is 430 g/mol. The van der Waals surface area contributed by atoms with Crippen molar-refractivity contribution in [3.63, 3.8) is 0 Å². The average molecular weight is 449 g/mol. The van der Waals surface area contributed by atoms with Crippen LogP contribution in [0.4, 0.5) is 5.69 Å². The van der Waals surface area contributed by atoms with E-state index < -0.39 is 0 Å². The molecule has 0 spiro atoms. The molecule has 0 saturated heterocycles. The number of carbonyl (C=O) groups excluding carboxylic acids is 1. The van der Waals surface area contributed by atoms with Crippen LogP contribution in [0.15, 0.2) is 52.6 Å². The third-order valence-corrected chi connectivity index (χ3v) is 6.02. The van der Waals surface area contributed by atoms with Crippen LogP contribution in [-0.4, -0.2) is 28.7 Å². The van der Waals surface area contributed by atoms with Crippen molar-refractivity contribution in [2.75, 3.05) is 18.7 Å². The lowest BCUT2D eigenvalue weighted by molar-refractivity contribution is -0.118. The van der Waals surface area contributed by atoms with Crippen molar-refractivity contribution in [1.29, 1.82) is 0 Å². The van der Waals surface area contributed by atoms with Gasteiger partial charge in [0.05, 0.1) is 5.69 Å². The molecule has 0 saturated carbocycles. The molecule has 9 heteroatoms. The van der Waals surface area contributed by atoms with Gasteiger partial charge in [0, 0.05) is 34.0 Å². The summed E-state index contributed by atoms with van der Waals surface area (Å²) in [5.41, 5.74) is 3.40. The fourth-order valence-corrected chi connectivity index (χ4v) is 4.34. The Kier molecular flexibility index (Phi) is 5.02. The van der Waals surface area contributed by atoms with E-state index in [0.29, 0.717) is 33.5 Å². The van der Waals surface area contributed by atoms with Crippen molar-refractivity contribution in [2.24, 2.45) is 0 Å².